The maximum absolute atomic E-state index is 10.8. The molecule has 0 radical (unpaired) electrons. The number of hydrogen-bond acceptors (Lipinski definition) is 6. The highest BCUT2D eigenvalue weighted by Gasteiger charge is 2.29. The number of methoxy groups -OCH3 is 1. The van der Waals surface area contributed by atoms with Crippen LogP contribution in [0.5, 0.6) is 5.75 Å². The van der Waals surface area contributed by atoms with Gasteiger partial charge in [0.1, 0.15) is 11.3 Å². The molecule has 90 valence electrons. The van der Waals surface area contributed by atoms with Gasteiger partial charge in [0.2, 0.25) is 0 Å². The number of nitro groups is 2. The van der Waals surface area contributed by atoms with Crippen molar-refractivity contribution in [2.75, 3.05) is 7.11 Å². The van der Waals surface area contributed by atoms with Crippen LogP contribution in [0.25, 0.3) is 0 Å². The van der Waals surface area contributed by atoms with Crippen molar-refractivity contribution >= 4 is 17.3 Å². The van der Waals surface area contributed by atoms with E-state index in [-0.39, 0.29) is 5.75 Å². The Morgan fingerprint density at radius 1 is 1.24 bits per heavy atom. The predicted molar refractivity (Wildman–Crippen MR) is 53.3 cm³/mol. The minimum atomic E-state index is -1.47. The smallest absolute Gasteiger partial charge is 0.349 e. The SMILES string of the molecule is COc1cc([N+](=O)[O-])c([N+](=O)[O-])cc1C(=O)O. The molecule has 9 heteroatoms. The Bertz CT molecular complexity index is 511. The molecule has 0 atom stereocenters. The van der Waals surface area contributed by atoms with Crippen LogP contribution < -0.4 is 4.74 Å². The van der Waals surface area contributed by atoms with Gasteiger partial charge in [-0.1, -0.05) is 0 Å². The second kappa shape index (κ2) is 4.43. The Morgan fingerprint density at radius 3 is 2.06 bits per heavy atom. The third-order valence-electron chi connectivity index (χ3n) is 1.92. The van der Waals surface area contributed by atoms with E-state index >= 15 is 0 Å². The summed E-state index contributed by atoms with van der Waals surface area (Å²) in [4.78, 5) is 29.9. The topological polar surface area (TPSA) is 133 Å². The standard InChI is InChI=1S/C8H6N2O7/c1-17-7-3-6(10(15)16)5(9(13)14)2-4(7)8(11)12/h2-3H,1H3,(H,11,12). The van der Waals surface area contributed by atoms with Crippen LogP contribution in [0, 0.1) is 20.2 Å². The van der Waals surface area contributed by atoms with Crippen LogP contribution in [0.15, 0.2) is 12.1 Å². The summed E-state index contributed by atoms with van der Waals surface area (Å²) in [7, 11) is 1.11. The van der Waals surface area contributed by atoms with E-state index in [1.54, 1.807) is 0 Å². The zero-order chi connectivity index (χ0) is 13.2. The molecule has 0 amide bonds. The Balaban J connectivity index is 3.59. The highest BCUT2D eigenvalue weighted by atomic mass is 16.6. The molecule has 9 nitrogen and oxygen atoms in total. The second-order valence-electron chi connectivity index (χ2n) is 2.86. The van der Waals surface area contributed by atoms with Gasteiger partial charge in [-0.25, -0.2) is 4.79 Å². The zero-order valence-electron chi connectivity index (χ0n) is 8.45. The van der Waals surface area contributed by atoms with Crippen molar-refractivity contribution in [3.63, 3.8) is 0 Å². The lowest BCUT2D eigenvalue weighted by molar-refractivity contribution is -0.422. The van der Waals surface area contributed by atoms with E-state index in [4.69, 9.17) is 5.11 Å². The number of aromatic carboxylic acids is 1. The minimum Gasteiger partial charge on any atom is -0.496 e. The van der Waals surface area contributed by atoms with Gasteiger partial charge >= 0.3 is 17.3 Å². The molecular formula is C8H6N2O7. The number of nitrogens with zero attached hydrogens (tertiary/aromatic N) is 2. The summed E-state index contributed by atoms with van der Waals surface area (Å²) in [6.07, 6.45) is 0. The van der Waals surface area contributed by atoms with Gasteiger partial charge in [-0.05, 0) is 0 Å². The number of rotatable bonds is 4. The van der Waals surface area contributed by atoms with E-state index in [0.717, 1.165) is 7.11 Å². The first-order valence-electron chi connectivity index (χ1n) is 4.12. The first kappa shape index (κ1) is 12.4. The van der Waals surface area contributed by atoms with Crippen LogP contribution in [0.1, 0.15) is 10.4 Å². The van der Waals surface area contributed by atoms with Crippen LogP contribution in [0.3, 0.4) is 0 Å². The van der Waals surface area contributed by atoms with Crippen molar-refractivity contribution < 1.29 is 24.5 Å². The lowest BCUT2D eigenvalue weighted by Crippen LogP contribution is -2.04. The number of hydrogen-bond donors (Lipinski definition) is 1. The van der Waals surface area contributed by atoms with Gasteiger partial charge in [0, 0.05) is 6.07 Å². The normalized spacial score (nSPS) is 9.71. The van der Waals surface area contributed by atoms with Crippen molar-refractivity contribution in [2.24, 2.45) is 0 Å². The van der Waals surface area contributed by atoms with Gasteiger partial charge in [0.15, 0.2) is 0 Å². The van der Waals surface area contributed by atoms with Gasteiger partial charge in [-0.3, -0.25) is 20.2 Å². The Labute approximate surface area is 93.5 Å². The summed E-state index contributed by atoms with van der Waals surface area (Å²) in [5.74, 6) is -1.78. The summed E-state index contributed by atoms with van der Waals surface area (Å²) in [5, 5.41) is 29.9. The number of carbonyl (C=O) groups is 1. The molecule has 17 heavy (non-hydrogen) atoms. The summed E-state index contributed by atoms with van der Waals surface area (Å²) >= 11 is 0. The number of ether oxygens (including phenoxy) is 1. The van der Waals surface area contributed by atoms with E-state index < -0.39 is 32.8 Å². The van der Waals surface area contributed by atoms with E-state index in [1.807, 2.05) is 0 Å². The Kier molecular flexibility index (Phi) is 3.22. The Morgan fingerprint density at radius 2 is 1.71 bits per heavy atom. The third kappa shape index (κ3) is 2.27. The van der Waals surface area contributed by atoms with Gasteiger partial charge in [0.05, 0.1) is 23.0 Å². The summed E-state index contributed by atoms with van der Waals surface area (Å²) in [5.41, 5.74) is -2.23. The van der Waals surface area contributed by atoms with E-state index in [2.05, 4.69) is 4.74 Å². The van der Waals surface area contributed by atoms with Crippen molar-refractivity contribution in [3.8, 4) is 5.75 Å². The summed E-state index contributed by atoms with van der Waals surface area (Å²) in [6, 6.07) is 1.31. The molecule has 0 aliphatic carbocycles. The van der Waals surface area contributed by atoms with E-state index in [1.165, 1.54) is 0 Å². The largest absolute Gasteiger partial charge is 0.496 e. The lowest BCUT2D eigenvalue weighted by Gasteiger charge is -2.04. The van der Waals surface area contributed by atoms with Crippen molar-refractivity contribution in [1.82, 2.24) is 0 Å². The first-order valence-corrected chi connectivity index (χ1v) is 4.12. The second-order valence-corrected chi connectivity index (χ2v) is 2.86. The van der Waals surface area contributed by atoms with Gasteiger partial charge in [-0.2, -0.15) is 0 Å². The number of carboxylic acid groups (broad SMARTS) is 1. The lowest BCUT2D eigenvalue weighted by atomic mass is 10.1. The minimum absolute atomic E-state index is 0.310. The molecule has 0 spiro atoms. The highest BCUT2D eigenvalue weighted by molar-refractivity contribution is 5.92. The van der Waals surface area contributed by atoms with Crippen LogP contribution in [0.4, 0.5) is 11.4 Å². The molecule has 0 unspecified atom stereocenters. The molecule has 0 fully saturated rings. The summed E-state index contributed by atoms with van der Waals surface area (Å²) in [6.45, 7) is 0. The number of nitro benzene ring substituents is 2. The Hall–Kier alpha value is -2.71. The molecule has 0 heterocycles. The van der Waals surface area contributed by atoms with Crippen LogP contribution in [-0.2, 0) is 0 Å². The predicted octanol–water partition coefficient (Wildman–Crippen LogP) is 1.21. The van der Waals surface area contributed by atoms with Crippen molar-refractivity contribution in [3.05, 3.63) is 37.9 Å². The van der Waals surface area contributed by atoms with Crippen LogP contribution >= 0.6 is 0 Å². The maximum atomic E-state index is 10.8. The van der Waals surface area contributed by atoms with Crippen molar-refractivity contribution in [1.29, 1.82) is 0 Å². The molecule has 1 N–H and O–H groups in total. The molecule has 0 bridgehead atoms. The van der Waals surface area contributed by atoms with Gasteiger partial charge in [-0.15, -0.1) is 0 Å². The molecular weight excluding hydrogens is 236 g/mol. The molecule has 0 aliphatic rings. The first-order chi connectivity index (χ1) is 7.88. The highest BCUT2D eigenvalue weighted by Crippen LogP contribution is 2.34. The van der Waals surface area contributed by atoms with Crippen LogP contribution in [-0.4, -0.2) is 28.0 Å². The molecule has 0 aromatic heterocycles. The molecule has 0 saturated heterocycles. The fourth-order valence-electron chi connectivity index (χ4n) is 1.19. The third-order valence-corrected chi connectivity index (χ3v) is 1.92. The van der Waals surface area contributed by atoms with Gasteiger partial charge < -0.3 is 9.84 Å². The molecule has 1 aromatic carbocycles. The average Bonchev–Trinajstić information content (AvgIpc) is 2.26. The average molecular weight is 242 g/mol. The fraction of sp³-hybridized carbons (Fsp3) is 0.125. The van der Waals surface area contributed by atoms with Crippen LogP contribution in [0.2, 0.25) is 0 Å². The zero-order valence-corrected chi connectivity index (χ0v) is 8.45. The van der Waals surface area contributed by atoms with Gasteiger partial charge in [0.25, 0.3) is 0 Å². The summed E-state index contributed by atoms with van der Waals surface area (Å²) < 4.78 is 4.62. The molecule has 1 aromatic rings. The molecule has 0 saturated carbocycles. The number of carboxylic acids is 1. The fourth-order valence-corrected chi connectivity index (χ4v) is 1.19. The van der Waals surface area contributed by atoms with Crippen molar-refractivity contribution in [2.45, 2.75) is 0 Å². The molecule has 0 aliphatic heterocycles. The maximum Gasteiger partial charge on any atom is 0.349 e. The molecule has 1 rings (SSSR count). The quantitative estimate of drug-likeness (QED) is 0.619. The number of benzene rings is 1. The van der Waals surface area contributed by atoms with E-state index in [0.29, 0.717) is 12.1 Å². The van der Waals surface area contributed by atoms with E-state index in [9.17, 15) is 25.0 Å². The monoisotopic (exact) mass is 242 g/mol.